The molecule has 1 aromatic carbocycles. The fraction of sp³-hybridized carbons (Fsp3) is 0.143. The summed E-state index contributed by atoms with van der Waals surface area (Å²) in [5.74, 6) is -0.471. The lowest BCUT2D eigenvalue weighted by molar-refractivity contribution is -0.179. The quantitative estimate of drug-likeness (QED) is 0.381. The first-order valence-corrected chi connectivity index (χ1v) is 2.97. The molecule has 1 aromatic rings. The molecule has 0 saturated carbocycles. The third-order valence-corrected chi connectivity index (χ3v) is 1.15. The molecule has 0 spiro atoms. The smallest absolute Gasteiger partial charge is 0.210 e. The van der Waals surface area contributed by atoms with Crippen LogP contribution in [0.15, 0.2) is 18.2 Å². The van der Waals surface area contributed by atoms with Gasteiger partial charge < -0.3 is 15.1 Å². The Hall–Kier alpha value is -1.42. The van der Waals surface area contributed by atoms with Gasteiger partial charge in [-0.2, -0.15) is 4.89 Å². The van der Waals surface area contributed by atoms with Gasteiger partial charge in [0.25, 0.3) is 0 Å². The lowest BCUT2D eigenvalue weighted by Gasteiger charge is -2.03. The Balaban J connectivity index is 2.96. The first kappa shape index (κ1) is 7.68. The zero-order valence-corrected chi connectivity index (χ0v) is 5.94. The minimum atomic E-state index is -0.325. The molecule has 0 aromatic heterocycles. The van der Waals surface area contributed by atoms with Crippen LogP contribution in [0.25, 0.3) is 0 Å². The molecule has 0 unspecified atom stereocenters. The second-order valence-corrected chi connectivity index (χ2v) is 1.87. The summed E-state index contributed by atoms with van der Waals surface area (Å²) in [7, 11) is 1.31. The maximum absolute atomic E-state index is 9.07. The summed E-state index contributed by atoms with van der Waals surface area (Å²) < 4.78 is 0. The van der Waals surface area contributed by atoms with Crippen molar-refractivity contribution in [3.63, 3.8) is 0 Å². The third kappa shape index (κ3) is 1.53. The van der Waals surface area contributed by atoms with E-state index in [0.29, 0.717) is 0 Å². The normalized spacial score (nSPS) is 9.55. The zero-order chi connectivity index (χ0) is 8.27. The fourth-order valence-electron chi connectivity index (χ4n) is 0.668. The molecule has 0 atom stereocenters. The molecule has 0 aliphatic carbocycles. The van der Waals surface area contributed by atoms with E-state index in [-0.39, 0.29) is 17.2 Å². The van der Waals surface area contributed by atoms with E-state index >= 15 is 0 Å². The van der Waals surface area contributed by atoms with Crippen molar-refractivity contribution in [2.45, 2.75) is 0 Å². The second kappa shape index (κ2) is 3.12. The Morgan fingerprint density at radius 3 is 2.64 bits per heavy atom. The van der Waals surface area contributed by atoms with Gasteiger partial charge in [0.1, 0.15) is 0 Å². The van der Waals surface area contributed by atoms with E-state index in [4.69, 9.17) is 10.2 Å². The molecule has 0 amide bonds. The van der Waals surface area contributed by atoms with Crippen LogP contribution in [-0.4, -0.2) is 17.3 Å². The van der Waals surface area contributed by atoms with E-state index in [2.05, 4.69) is 9.78 Å². The third-order valence-electron chi connectivity index (χ3n) is 1.15. The van der Waals surface area contributed by atoms with E-state index in [9.17, 15) is 0 Å². The molecule has 0 heterocycles. The van der Waals surface area contributed by atoms with Gasteiger partial charge in [0, 0.05) is 0 Å². The van der Waals surface area contributed by atoms with Crippen LogP contribution in [0.4, 0.5) is 0 Å². The highest BCUT2D eigenvalue weighted by Crippen LogP contribution is 2.34. The molecular formula is C7H8O4. The summed E-state index contributed by atoms with van der Waals surface area (Å²) in [4.78, 5) is 8.80. The summed E-state index contributed by atoms with van der Waals surface area (Å²) >= 11 is 0. The fourth-order valence-corrected chi connectivity index (χ4v) is 0.668. The summed E-state index contributed by atoms with van der Waals surface area (Å²) in [6.45, 7) is 0. The van der Waals surface area contributed by atoms with Crippen molar-refractivity contribution < 1.29 is 20.0 Å². The minimum absolute atomic E-state index is 0.0903. The molecule has 4 nitrogen and oxygen atoms in total. The van der Waals surface area contributed by atoms with Gasteiger partial charge in [-0.05, 0) is 12.1 Å². The average molecular weight is 156 g/mol. The Bertz CT molecular complexity index is 246. The summed E-state index contributed by atoms with van der Waals surface area (Å²) in [5, 5.41) is 18.0. The lowest BCUT2D eigenvalue weighted by Crippen LogP contribution is -1.90. The van der Waals surface area contributed by atoms with Crippen LogP contribution in [-0.2, 0) is 4.89 Å². The van der Waals surface area contributed by atoms with E-state index in [0.717, 1.165) is 0 Å². The van der Waals surface area contributed by atoms with Crippen molar-refractivity contribution in [3.05, 3.63) is 18.2 Å². The first-order chi connectivity index (χ1) is 5.25. The number of rotatable bonds is 2. The van der Waals surface area contributed by atoms with Crippen LogP contribution in [0.5, 0.6) is 17.2 Å². The van der Waals surface area contributed by atoms with Gasteiger partial charge >= 0.3 is 0 Å². The van der Waals surface area contributed by atoms with Crippen molar-refractivity contribution in [2.75, 3.05) is 7.11 Å². The van der Waals surface area contributed by atoms with Crippen molar-refractivity contribution in [1.82, 2.24) is 0 Å². The highest BCUT2D eigenvalue weighted by Gasteiger charge is 2.06. The first-order valence-electron chi connectivity index (χ1n) is 2.97. The van der Waals surface area contributed by atoms with Crippen molar-refractivity contribution in [3.8, 4) is 17.2 Å². The van der Waals surface area contributed by atoms with Crippen LogP contribution >= 0.6 is 0 Å². The van der Waals surface area contributed by atoms with Gasteiger partial charge in [-0.3, -0.25) is 0 Å². The van der Waals surface area contributed by atoms with Crippen LogP contribution in [0.1, 0.15) is 0 Å². The van der Waals surface area contributed by atoms with Gasteiger partial charge in [0.05, 0.1) is 7.11 Å². The zero-order valence-electron chi connectivity index (χ0n) is 5.94. The standard InChI is InChI=1S/C7H8O4/c1-10-11-6-4-2-3-5(8)7(6)9/h2-4,8-9H,1H3. The number of hydrogen-bond donors (Lipinski definition) is 2. The van der Waals surface area contributed by atoms with Gasteiger partial charge in [-0.25, -0.2) is 0 Å². The molecule has 0 radical (unpaired) electrons. The number of para-hydroxylation sites is 1. The van der Waals surface area contributed by atoms with Gasteiger partial charge in [0.2, 0.25) is 11.5 Å². The predicted molar refractivity (Wildman–Crippen MR) is 37.4 cm³/mol. The number of aromatic hydroxyl groups is 2. The second-order valence-electron chi connectivity index (χ2n) is 1.87. The van der Waals surface area contributed by atoms with Crippen molar-refractivity contribution in [1.29, 1.82) is 0 Å². The molecule has 1 rings (SSSR count). The van der Waals surface area contributed by atoms with E-state index in [1.54, 1.807) is 0 Å². The number of hydrogen-bond acceptors (Lipinski definition) is 4. The highest BCUT2D eigenvalue weighted by atomic mass is 17.2. The maximum atomic E-state index is 9.07. The monoisotopic (exact) mass is 156 g/mol. The minimum Gasteiger partial charge on any atom is -0.504 e. The molecule has 0 aliphatic heterocycles. The molecule has 0 fully saturated rings. The molecule has 0 saturated heterocycles. The molecule has 2 N–H and O–H groups in total. The summed E-state index contributed by atoms with van der Waals surface area (Å²) in [6, 6.07) is 4.35. The SMILES string of the molecule is COOc1cccc(O)c1O. The Morgan fingerprint density at radius 1 is 1.27 bits per heavy atom. The predicted octanol–water partition coefficient (Wildman–Crippen LogP) is 1.04. The maximum Gasteiger partial charge on any atom is 0.210 e. The summed E-state index contributed by atoms with van der Waals surface area (Å²) in [6.07, 6.45) is 0. The number of phenolic OH excluding ortho intramolecular Hbond substituents is 2. The number of benzene rings is 1. The van der Waals surface area contributed by atoms with E-state index in [1.165, 1.54) is 25.3 Å². The van der Waals surface area contributed by atoms with E-state index in [1.807, 2.05) is 0 Å². The molecule has 60 valence electrons. The largest absolute Gasteiger partial charge is 0.504 e. The van der Waals surface area contributed by atoms with Crippen LogP contribution in [0.2, 0.25) is 0 Å². The topological polar surface area (TPSA) is 58.9 Å². The Morgan fingerprint density at radius 2 is 2.00 bits per heavy atom. The molecule has 4 heteroatoms. The molecule has 0 bridgehead atoms. The summed E-state index contributed by atoms with van der Waals surface area (Å²) in [5.41, 5.74) is 0. The van der Waals surface area contributed by atoms with Gasteiger partial charge in [0.15, 0.2) is 5.75 Å². The highest BCUT2D eigenvalue weighted by molar-refractivity contribution is 5.48. The van der Waals surface area contributed by atoms with Crippen LogP contribution in [0.3, 0.4) is 0 Å². The van der Waals surface area contributed by atoms with Gasteiger partial charge in [-0.1, -0.05) is 6.07 Å². The Labute approximate surface area is 63.5 Å². The van der Waals surface area contributed by atoms with Crippen molar-refractivity contribution in [2.24, 2.45) is 0 Å². The average Bonchev–Trinajstić information content (AvgIpc) is 1.99. The number of phenols is 2. The van der Waals surface area contributed by atoms with Crippen molar-refractivity contribution >= 4 is 0 Å². The molecular weight excluding hydrogens is 148 g/mol. The van der Waals surface area contributed by atoms with Crippen LogP contribution in [0, 0.1) is 0 Å². The Kier molecular flexibility index (Phi) is 2.18. The van der Waals surface area contributed by atoms with Crippen LogP contribution < -0.4 is 4.89 Å². The van der Waals surface area contributed by atoms with Gasteiger partial charge in [-0.15, -0.1) is 0 Å². The lowest BCUT2D eigenvalue weighted by atomic mass is 10.3. The molecule has 11 heavy (non-hydrogen) atoms. The molecule has 0 aliphatic rings. The van der Waals surface area contributed by atoms with E-state index < -0.39 is 0 Å².